The first-order chi connectivity index (χ1) is 11.4. The monoisotopic (exact) mass is 343 g/mol. The summed E-state index contributed by atoms with van der Waals surface area (Å²) in [6, 6.07) is 6.84. The Labute approximate surface area is 141 Å². The van der Waals surface area contributed by atoms with Gasteiger partial charge >= 0.3 is 0 Å². The number of rotatable bonds is 2. The fourth-order valence-corrected chi connectivity index (χ4v) is 2.92. The average Bonchev–Trinajstić information content (AvgIpc) is 2.55. The summed E-state index contributed by atoms with van der Waals surface area (Å²) >= 11 is 5.97. The molecule has 1 aliphatic heterocycles. The number of amides is 1. The Hall–Kier alpha value is -2.91. The van der Waals surface area contributed by atoms with Crippen LogP contribution < -0.4 is 11.1 Å². The number of carbonyl (C=O) groups excluding carboxylic acids is 2. The zero-order valence-electron chi connectivity index (χ0n) is 12.3. The number of aryl methyl sites for hydroxylation is 1. The number of carbonyl (C=O) groups is 2. The van der Waals surface area contributed by atoms with E-state index in [4.69, 9.17) is 17.3 Å². The molecule has 0 aromatic heterocycles. The Morgan fingerprint density at radius 3 is 2.79 bits per heavy atom. The average molecular weight is 344 g/mol. The van der Waals surface area contributed by atoms with Gasteiger partial charge in [0.25, 0.3) is 0 Å². The van der Waals surface area contributed by atoms with Crippen LogP contribution in [0, 0.1) is 17.1 Å². The summed E-state index contributed by atoms with van der Waals surface area (Å²) in [5, 5.41) is 12.1. The van der Waals surface area contributed by atoms with Crippen molar-refractivity contribution >= 4 is 34.7 Å². The number of nitrogens with one attached hydrogen (secondary N) is 1. The fourth-order valence-electron chi connectivity index (χ4n) is 2.71. The maximum Gasteiger partial charge on any atom is 0.224 e. The van der Waals surface area contributed by atoms with Gasteiger partial charge in [0, 0.05) is 17.7 Å². The molecule has 3 N–H and O–H groups in total. The Morgan fingerprint density at radius 1 is 1.33 bits per heavy atom. The van der Waals surface area contributed by atoms with Gasteiger partial charge in [-0.25, -0.2) is 4.39 Å². The normalized spacial score (nSPS) is 13.0. The zero-order valence-corrected chi connectivity index (χ0v) is 13.1. The van der Waals surface area contributed by atoms with Gasteiger partial charge in [0.2, 0.25) is 5.91 Å². The lowest BCUT2D eigenvalue weighted by molar-refractivity contribution is -0.116. The van der Waals surface area contributed by atoms with E-state index in [1.807, 2.05) is 6.07 Å². The molecule has 0 unspecified atom stereocenters. The van der Waals surface area contributed by atoms with E-state index in [0.717, 1.165) is 12.1 Å². The molecule has 3 rings (SSSR count). The van der Waals surface area contributed by atoms with E-state index in [0.29, 0.717) is 12.0 Å². The van der Waals surface area contributed by atoms with E-state index in [1.165, 1.54) is 6.07 Å². The minimum atomic E-state index is -0.670. The number of nitrogen functional groups attached to an aromatic ring is 1. The lowest BCUT2D eigenvalue weighted by atomic mass is 9.90. The molecular formula is C17H11ClFN3O2. The third kappa shape index (κ3) is 2.59. The van der Waals surface area contributed by atoms with Crippen LogP contribution in [0.1, 0.15) is 33.5 Å². The third-order valence-electron chi connectivity index (χ3n) is 3.84. The third-order valence-corrected chi connectivity index (χ3v) is 4.17. The fraction of sp³-hybridized carbons (Fsp3) is 0.118. The molecule has 0 radical (unpaired) electrons. The van der Waals surface area contributed by atoms with Crippen LogP contribution in [-0.2, 0) is 11.2 Å². The number of nitrogens with two attached hydrogens (primary N) is 1. The van der Waals surface area contributed by atoms with Crippen LogP contribution in [0.2, 0.25) is 5.02 Å². The number of nitriles is 1. The topological polar surface area (TPSA) is 96.0 Å². The summed E-state index contributed by atoms with van der Waals surface area (Å²) in [5.74, 6) is -1.55. The number of nitrogens with zero attached hydrogens (tertiary/aromatic N) is 1. The van der Waals surface area contributed by atoms with Crippen molar-refractivity contribution in [1.82, 2.24) is 0 Å². The lowest BCUT2D eigenvalue weighted by Gasteiger charge is -2.21. The molecule has 1 heterocycles. The molecule has 24 heavy (non-hydrogen) atoms. The van der Waals surface area contributed by atoms with Crippen LogP contribution in [0.5, 0.6) is 0 Å². The summed E-state index contributed by atoms with van der Waals surface area (Å²) in [7, 11) is 0. The van der Waals surface area contributed by atoms with Crippen molar-refractivity contribution in [3.05, 3.63) is 57.4 Å². The summed E-state index contributed by atoms with van der Waals surface area (Å²) in [4.78, 5) is 24.4. The van der Waals surface area contributed by atoms with E-state index in [9.17, 15) is 19.2 Å². The molecule has 2 aromatic carbocycles. The van der Waals surface area contributed by atoms with Crippen LogP contribution in [0.15, 0.2) is 24.3 Å². The number of halogens is 2. The molecule has 120 valence electrons. The number of fused-ring (bicyclic) bond motifs is 1. The molecule has 0 saturated carbocycles. The van der Waals surface area contributed by atoms with Crippen molar-refractivity contribution in [1.29, 1.82) is 5.26 Å². The predicted molar refractivity (Wildman–Crippen MR) is 87.4 cm³/mol. The minimum Gasteiger partial charge on any atom is -0.398 e. The number of hydrogen-bond acceptors (Lipinski definition) is 4. The van der Waals surface area contributed by atoms with Gasteiger partial charge in [-0.15, -0.1) is 0 Å². The Kier molecular flexibility index (Phi) is 3.96. The van der Waals surface area contributed by atoms with Crippen molar-refractivity contribution in [3.63, 3.8) is 0 Å². The van der Waals surface area contributed by atoms with Crippen molar-refractivity contribution in [2.24, 2.45) is 0 Å². The van der Waals surface area contributed by atoms with Gasteiger partial charge in [-0.2, -0.15) is 5.26 Å². The maximum atomic E-state index is 13.5. The van der Waals surface area contributed by atoms with Crippen molar-refractivity contribution < 1.29 is 14.0 Å². The van der Waals surface area contributed by atoms with Crippen LogP contribution in [-0.4, -0.2) is 11.7 Å². The Balaban J connectivity index is 2.23. The largest absolute Gasteiger partial charge is 0.398 e. The molecule has 0 atom stereocenters. The highest BCUT2D eigenvalue weighted by Gasteiger charge is 2.27. The van der Waals surface area contributed by atoms with Gasteiger partial charge < -0.3 is 11.1 Å². The molecule has 2 aromatic rings. The van der Waals surface area contributed by atoms with Crippen molar-refractivity contribution in [2.45, 2.75) is 12.8 Å². The van der Waals surface area contributed by atoms with E-state index >= 15 is 0 Å². The standard InChI is InChI=1S/C17H11ClFN3O2/c18-12-3-2-9(19)6-10(12)17(24)15-11(7-20)16-8(5-13(15)21)1-4-14(23)22-16/h2-3,5-6H,1,4,21H2,(H,22,23). The zero-order chi connectivity index (χ0) is 17.4. The molecule has 1 amide bonds. The molecule has 0 aliphatic carbocycles. The van der Waals surface area contributed by atoms with Gasteiger partial charge in [0.1, 0.15) is 11.9 Å². The second-order valence-corrected chi connectivity index (χ2v) is 5.77. The molecule has 7 heteroatoms. The van der Waals surface area contributed by atoms with Gasteiger partial charge in [0.15, 0.2) is 5.78 Å². The first-order valence-corrected chi connectivity index (χ1v) is 7.45. The molecule has 1 aliphatic rings. The van der Waals surface area contributed by atoms with E-state index in [2.05, 4.69) is 5.32 Å². The number of anilines is 2. The Bertz CT molecular complexity index is 934. The van der Waals surface area contributed by atoms with Gasteiger partial charge in [-0.1, -0.05) is 11.6 Å². The van der Waals surface area contributed by atoms with Crippen LogP contribution in [0.3, 0.4) is 0 Å². The van der Waals surface area contributed by atoms with Gasteiger partial charge in [0.05, 0.1) is 21.8 Å². The second kappa shape index (κ2) is 5.95. The number of ketones is 1. The summed E-state index contributed by atoms with van der Waals surface area (Å²) in [6.45, 7) is 0. The first-order valence-electron chi connectivity index (χ1n) is 7.07. The van der Waals surface area contributed by atoms with E-state index in [1.54, 1.807) is 6.07 Å². The smallest absolute Gasteiger partial charge is 0.224 e. The minimum absolute atomic E-state index is 0.0385. The van der Waals surface area contributed by atoms with Gasteiger partial charge in [-0.05, 0) is 36.2 Å². The van der Waals surface area contributed by atoms with Crippen molar-refractivity contribution in [2.75, 3.05) is 11.1 Å². The summed E-state index contributed by atoms with van der Waals surface area (Å²) in [6.07, 6.45) is 0.704. The lowest BCUT2D eigenvalue weighted by Crippen LogP contribution is -2.22. The molecule has 0 fully saturated rings. The summed E-state index contributed by atoms with van der Waals surface area (Å²) in [5.41, 5.74) is 6.79. The second-order valence-electron chi connectivity index (χ2n) is 5.36. The first kappa shape index (κ1) is 16.0. The highest BCUT2D eigenvalue weighted by Crippen LogP contribution is 2.35. The molecule has 0 spiro atoms. The molecular weight excluding hydrogens is 333 g/mol. The van der Waals surface area contributed by atoms with Gasteiger partial charge in [-0.3, -0.25) is 9.59 Å². The van der Waals surface area contributed by atoms with Crippen LogP contribution in [0.4, 0.5) is 15.8 Å². The highest BCUT2D eigenvalue weighted by atomic mass is 35.5. The van der Waals surface area contributed by atoms with Crippen LogP contribution in [0.25, 0.3) is 0 Å². The SMILES string of the molecule is N#Cc1c2c(cc(N)c1C(=O)c1cc(F)ccc1Cl)CCC(=O)N2. The Morgan fingerprint density at radius 2 is 2.08 bits per heavy atom. The highest BCUT2D eigenvalue weighted by molar-refractivity contribution is 6.35. The molecule has 5 nitrogen and oxygen atoms in total. The van der Waals surface area contributed by atoms with Crippen LogP contribution >= 0.6 is 11.6 Å². The maximum absolute atomic E-state index is 13.5. The number of hydrogen-bond donors (Lipinski definition) is 2. The summed E-state index contributed by atoms with van der Waals surface area (Å²) < 4.78 is 13.5. The van der Waals surface area contributed by atoms with Crippen molar-refractivity contribution in [3.8, 4) is 6.07 Å². The van der Waals surface area contributed by atoms with E-state index in [-0.39, 0.29) is 45.4 Å². The predicted octanol–water partition coefficient (Wildman–Crippen LogP) is 3.05. The quantitative estimate of drug-likeness (QED) is 0.647. The molecule has 0 saturated heterocycles. The van der Waals surface area contributed by atoms with E-state index < -0.39 is 11.6 Å². The number of benzene rings is 2. The molecule has 0 bridgehead atoms.